The van der Waals surface area contributed by atoms with Crippen LogP contribution < -0.4 is 4.74 Å². The molecule has 2 aromatic heterocycles. The summed E-state index contributed by atoms with van der Waals surface area (Å²) in [5, 5.41) is 10.2. The van der Waals surface area contributed by atoms with Crippen molar-refractivity contribution in [3.63, 3.8) is 0 Å². The maximum absolute atomic E-state index is 9.40. The SMILES string of the molecule is OCc1nc(OCCc2ccccc2)nc2cnccc12. The highest BCUT2D eigenvalue weighted by atomic mass is 16.5. The molecular formula is C16H15N3O2. The van der Waals surface area contributed by atoms with Gasteiger partial charge in [0, 0.05) is 18.0 Å². The molecule has 0 saturated carbocycles. The third kappa shape index (κ3) is 3.14. The predicted octanol–water partition coefficient (Wildman–Crippen LogP) is 2.14. The summed E-state index contributed by atoms with van der Waals surface area (Å²) in [4.78, 5) is 12.6. The normalized spacial score (nSPS) is 10.7. The molecule has 0 aliphatic rings. The van der Waals surface area contributed by atoms with Gasteiger partial charge >= 0.3 is 6.01 Å². The van der Waals surface area contributed by atoms with Crippen LogP contribution in [0.3, 0.4) is 0 Å². The van der Waals surface area contributed by atoms with Gasteiger partial charge in [0.15, 0.2) is 0 Å². The van der Waals surface area contributed by atoms with Crippen LogP contribution in [0.25, 0.3) is 10.9 Å². The van der Waals surface area contributed by atoms with Crippen LogP contribution in [0.1, 0.15) is 11.3 Å². The second kappa shape index (κ2) is 6.28. The first-order valence-corrected chi connectivity index (χ1v) is 6.75. The van der Waals surface area contributed by atoms with E-state index in [1.165, 1.54) is 5.56 Å². The molecule has 1 aromatic carbocycles. The largest absolute Gasteiger partial charge is 0.463 e. The molecule has 0 spiro atoms. The Morgan fingerprint density at radius 1 is 1.05 bits per heavy atom. The van der Waals surface area contributed by atoms with Gasteiger partial charge in [-0.2, -0.15) is 9.97 Å². The molecule has 21 heavy (non-hydrogen) atoms. The molecule has 0 bridgehead atoms. The van der Waals surface area contributed by atoms with Crippen LogP contribution in [0.5, 0.6) is 6.01 Å². The van der Waals surface area contributed by atoms with Crippen LogP contribution in [0, 0.1) is 0 Å². The van der Waals surface area contributed by atoms with E-state index in [0.29, 0.717) is 17.8 Å². The number of aliphatic hydroxyl groups excluding tert-OH is 1. The molecule has 5 nitrogen and oxygen atoms in total. The summed E-state index contributed by atoms with van der Waals surface area (Å²) in [6, 6.07) is 12.1. The molecule has 3 aromatic rings. The number of aliphatic hydroxyl groups is 1. The highest BCUT2D eigenvalue weighted by molar-refractivity contribution is 5.79. The van der Waals surface area contributed by atoms with Crippen molar-refractivity contribution in [2.75, 3.05) is 6.61 Å². The van der Waals surface area contributed by atoms with E-state index in [0.717, 1.165) is 11.8 Å². The summed E-state index contributed by atoms with van der Waals surface area (Å²) < 4.78 is 5.60. The number of benzene rings is 1. The van der Waals surface area contributed by atoms with E-state index in [1.54, 1.807) is 18.5 Å². The van der Waals surface area contributed by atoms with Crippen molar-refractivity contribution in [3.8, 4) is 6.01 Å². The number of hydrogen-bond donors (Lipinski definition) is 1. The lowest BCUT2D eigenvalue weighted by atomic mass is 10.2. The van der Waals surface area contributed by atoms with E-state index in [1.807, 2.05) is 30.3 Å². The van der Waals surface area contributed by atoms with Crippen molar-refractivity contribution < 1.29 is 9.84 Å². The molecular weight excluding hydrogens is 266 g/mol. The van der Waals surface area contributed by atoms with E-state index in [4.69, 9.17) is 4.74 Å². The van der Waals surface area contributed by atoms with Crippen molar-refractivity contribution in [2.24, 2.45) is 0 Å². The zero-order valence-electron chi connectivity index (χ0n) is 11.4. The lowest BCUT2D eigenvalue weighted by Crippen LogP contribution is -2.06. The van der Waals surface area contributed by atoms with Crippen molar-refractivity contribution in [1.29, 1.82) is 0 Å². The van der Waals surface area contributed by atoms with E-state index < -0.39 is 0 Å². The van der Waals surface area contributed by atoms with Gasteiger partial charge in [-0.1, -0.05) is 30.3 Å². The van der Waals surface area contributed by atoms with Gasteiger partial charge in [0.1, 0.15) is 0 Å². The van der Waals surface area contributed by atoms with Crippen molar-refractivity contribution in [1.82, 2.24) is 15.0 Å². The van der Waals surface area contributed by atoms with Crippen LogP contribution in [0.2, 0.25) is 0 Å². The molecule has 0 amide bonds. The minimum Gasteiger partial charge on any atom is -0.463 e. The van der Waals surface area contributed by atoms with Crippen molar-refractivity contribution >= 4 is 10.9 Å². The van der Waals surface area contributed by atoms with Crippen LogP contribution in [0.15, 0.2) is 48.8 Å². The van der Waals surface area contributed by atoms with Crippen molar-refractivity contribution in [2.45, 2.75) is 13.0 Å². The number of rotatable bonds is 5. The minimum atomic E-state index is -0.155. The Bertz CT molecular complexity index is 732. The monoisotopic (exact) mass is 281 g/mol. The first kappa shape index (κ1) is 13.5. The smallest absolute Gasteiger partial charge is 0.317 e. The quantitative estimate of drug-likeness (QED) is 0.776. The lowest BCUT2D eigenvalue weighted by molar-refractivity contribution is 0.267. The molecule has 3 rings (SSSR count). The zero-order valence-corrected chi connectivity index (χ0v) is 11.4. The molecule has 0 unspecified atom stereocenters. The number of pyridine rings is 1. The average molecular weight is 281 g/mol. The zero-order chi connectivity index (χ0) is 14.5. The summed E-state index contributed by atoms with van der Waals surface area (Å²) in [7, 11) is 0. The average Bonchev–Trinajstić information content (AvgIpc) is 2.55. The molecule has 0 atom stereocenters. The Morgan fingerprint density at radius 3 is 2.71 bits per heavy atom. The Balaban J connectivity index is 1.75. The van der Waals surface area contributed by atoms with E-state index in [9.17, 15) is 5.11 Å². The minimum absolute atomic E-state index is 0.155. The molecule has 0 aliphatic carbocycles. The second-order valence-corrected chi connectivity index (χ2v) is 4.59. The van der Waals surface area contributed by atoms with Gasteiger partial charge < -0.3 is 9.84 Å². The lowest BCUT2D eigenvalue weighted by Gasteiger charge is -2.08. The Kier molecular flexibility index (Phi) is 4.02. The third-order valence-electron chi connectivity index (χ3n) is 3.17. The summed E-state index contributed by atoms with van der Waals surface area (Å²) in [5.41, 5.74) is 2.42. The summed E-state index contributed by atoms with van der Waals surface area (Å²) in [5.74, 6) is 0. The fourth-order valence-corrected chi connectivity index (χ4v) is 2.11. The van der Waals surface area contributed by atoms with E-state index in [2.05, 4.69) is 15.0 Å². The van der Waals surface area contributed by atoms with Gasteiger partial charge in [0.2, 0.25) is 0 Å². The highest BCUT2D eigenvalue weighted by Crippen LogP contribution is 2.17. The fraction of sp³-hybridized carbons (Fsp3) is 0.188. The molecule has 2 heterocycles. The van der Waals surface area contributed by atoms with Gasteiger partial charge in [0.05, 0.1) is 30.6 Å². The summed E-state index contributed by atoms with van der Waals surface area (Å²) >= 11 is 0. The molecule has 0 aliphatic heterocycles. The second-order valence-electron chi connectivity index (χ2n) is 4.59. The van der Waals surface area contributed by atoms with Gasteiger partial charge in [-0.05, 0) is 11.6 Å². The molecule has 1 N–H and O–H groups in total. The maximum atomic E-state index is 9.40. The van der Waals surface area contributed by atoms with E-state index in [-0.39, 0.29) is 12.6 Å². The number of aromatic nitrogens is 3. The van der Waals surface area contributed by atoms with E-state index >= 15 is 0 Å². The Labute approximate surface area is 122 Å². The molecule has 5 heteroatoms. The molecule has 0 fully saturated rings. The van der Waals surface area contributed by atoms with Gasteiger partial charge in [-0.15, -0.1) is 0 Å². The number of ether oxygens (including phenoxy) is 1. The number of nitrogens with zero attached hydrogens (tertiary/aromatic N) is 3. The molecule has 0 saturated heterocycles. The van der Waals surface area contributed by atoms with Crippen molar-refractivity contribution in [3.05, 3.63) is 60.0 Å². The molecule has 0 radical (unpaired) electrons. The van der Waals surface area contributed by atoms with Crippen LogP contribution in [-0.2, 0) is 13.0 Å². The van der Waals surface area contributed by atoms with Gasteiger partial charge in [-0.25, -0.2) is 0 Å². The van der Waals surface area contributed by atoms with Gasteiger partial charge in [-0.3, -0.25) is 4.98 Å². The fourth-order valence-electron chi connectivity index (χ4n) is 2.11. The number of hydrogen-bond acceptors (Lipinski definition) is 5. The topological polar surface area (TPSA) is 68.1 Å². The van der Waals surface area contributed by atoms with Crippen LogP contribution in [-0.4, -0.2) is 26.7 Å². The Hall–Kier alpha value is -2.53. The van der Waals surface area contributed by atoms with Crippen LogP contribution in [0.4, 0.5) is 0 Å². The highest BCUT2D eigenvalue weighted by Gasteiger charge is 2.07. The first-order valence-electron chi connectivity index (χ1n) is 6.75. The third-order valence-corrected chi connectivity index (χ3v) is 3.17. The standard InChI is InChI=1S/C16H15N3O2/c20-11-15-13-6-8-17-10-14(13)18-16(19-15)21-9-7-12-4-2-1-3-5-12/h1-6,8,10,20H,7,9,11H2. The summed E-state index contributed by atoms with van der Waals surface area (Å²) in [6.07, 6.45) is 4.07. The predicted molar refractivity (Wildman–Crippen MR) is 78.9 cm³/mol. The molecule has 106 valence electrons. The summed E-state index contributed by atoms with van der Waals surface area (Å²) in [6.45, 7) is 0.332. The van der Waals surface area contributed by atoms with Gasteiger partial charge in [0.25, 0.3) is 0 Å². The van der Waals surface area contributed by atoms with Crippen LogP contribution >= 0.6 is 0 Å². The maximum Gasteiger partial charge on any atom is 0.317 e. The first-order chi connectivity index (χ1) is 10.4. The number of fused-ring (bicyclic) bond motifs is 1. The Morgan fingerprint density at radius 2 is 1.90 bits per heavy atom.